The molecule has 4 amide bonds. The van der Waals surface area contributed by atoms with E-state index in [-0.39, 0.29) is 12.1 Å². The van der Waals surface area contributed by atoms with Gasteiger partial charge in [0.2, 0.25) is 0 Å². The summed E-state index contributed by atoms with van der Waals surface area (Å²) in [5.41, 5.74) is 1.07. The van der Waals surface area contributed by atoms with Gasteiger partial charge in [0.15, 0.2) is 0 Å². The number of piperazine rings is 2. The predicted octanol–water partition coefficient (Wildman–Crippen LogP) is -0.119. The van der Waals surface area contributed by atoms with Gasteiger partial charge < -0.3 is 20.0 Å². The van der Waals surface area contributed by atoms with Crippen LogP contribution in [0.15, 0.2) is 30.3 Å². The molecule has 7 nitrogen and oxygen atoms in total. The molecule has 122 valence electrons. The number of nitrogens with zero attached hydrogens (tertiary/aromatic N) is 3. The van der Waals surface area contributed by atoms with E-state index in [2.05, 4.69) is 5.32 Å². The van der Waals surface area contributed by atoms with Crippen molar-refractivity contribution in [3.05, 3.63) is 35.9 Å². The molecule has 3 rings (SSSR count). The average molecular weight is 316 g/mol. The topological polar surface area (TPSA) is 73.0 Å². The molecule has 0 spiro atoms. The van der Waals surface area contributed by atoms with Crippen LogP contribution in [0, 0.1) is 0 Å². The van der Waals surface area contributed by atoms with Crippen LogP contribution >= 0.6 is 0 Å². The number of carbonyl (C=O) groups excluding carboxylic acids is 3. The van der Waals surface area contributed by atoms with Crippen LogP contribution in [0.1, 0.15) is 5.56 Å². The van der Waals surface area contributed by atoms with Crippen molar-refractivity contribution in [3.8, 4) is 0 Å². The lowest BCUT2D eigenvalue weighted by molar-refractivity contribution is -0.152. The lowest BCUT2D eigenvalue weighted by Crippen LogP contribution is -2.66. The fraction of sp³-hybridized carbons (Fsp3) is 0.438. The van der Waals surface area contributed by atoms with Crippen LogP contribution in [-0.4, -0.2) is 71.8 Å². The Kier molecular flexibility index (Phi) is 4.18. The third kappa shape index (κ3) is 3.13. The third-order valence-electron chi connectivity index (χ3n) is 4.30. The van der Waals surface area contributed by atoms with Gasteiger partial charge >= 0.3 is 17.8 Å². The molecule has 0 unspecified atom stereocenters. The normalized spacial score (nSPS) is 20.8. The fourth-order valence-electron chi connectivity index (χ4n) is 3.05. The van der Waals surface area contributed by atoms with Crippen molar-refractivity contribution in [3.63, 3.8) is 0 Å². The quantitative estimate of drug-likeness (QED) is 0.773. The molecule has 0 bridgehead atoms. The zero-order valence-electron chi connectivity index (χ0n) is 13.1. The molecule has 1 aromatic carbocycles. The van der Waals surface area contributed by atoms with E-state index in [4.69, 9.17) is 0 Å². The molecule has 0 aliphatic carbocycles. The molecule has 2 aliphatic rings. The van der Waals surface area contributed by atoms with E-state index in [0.29, 0.717) is 32.7 Å². The van der Waals surface area contributed by atoms with Crippen molar-refractivity contribution < 1.29 is 14.4 Å². The minimum atomic E-state index is -0.553. The van der Waals surface area contributed by atoms with Gasteiger partial charge in [-0.05, 0) is 5.56 Å². The molecular weight excluding hydrogens is 296 g/mol. The monoisotopic (exact) mass is 316 g/mol. The number of amides is 4. The Morgan fingerprint density at radius 1 is 1.26 bits per heavy atom. The van der Waals surface area contributed by atoms with Crippen molar-refractivity contribution in [1.29, 1.82) is 0 Å². The summed E-state index contributed by atoms with van der Waals surface area (Å²) in [6.45, 7) is 2.25. The smallest absolute Gasteiger partial charge is 0.320 e. The molecule has 1 N–H and O–H groups in total. The summed E-state index contributed by atoms with van der Waals surface area (Å²) in [7, 11) is 1.77. The van der Waals surface area contributed by atoms with Gasteiger partial charge in [-0.3, -0.25) is 9.59 Å². The summed E-state index contributed by atoms with van der Waals surface area (Å²) >= 11 is 0. The van der Waals surface area contributed by atoms with Crippen LogP contribution in [0.4, 0.5) is 4.79 Å². The molecule has 2 saturated heterocycles. The van der Waals surface area contributed by atoms with E-state index in [1.54, 1.807) is 21.7 Å². The number of carbonyl (C=O) groups is 3. The first kappa shape index (κ1) is 15.3. The number of rotatable bonds is 2. The fourth-order valence-corrected chi connectivity index (χ4v) is 3.05. The summed E-state index contributed by atoms with van der Waals surface area (Å²) in [6.07, 6.45) is 0. The number of nitrogens with one attached hydrogen (secondary N) is 1. The number of urea groups is 1. The molecule has 1 atom stereocenters. The van der Waals surface area contributed by atoms with Gasteiger partial charge in [-0.2, -0.15) is 0 Å². The standard InChI is InChI=1S/C16H20N4O3/c1-18(10-12-5-3-2-4-6-12)16(23)19-7-8-20-13(11-19)9-17-14(21)15(20)22/h2-6,13H,7-11H2,1H3,(H,17,21)/t13-/m0/s1. The Bertz CT molecular complexity index is 619. The van der Waals surface area contributed by atoms with Crippen LogP contribution in [0.3, 0.4) is 0 Å². The third-order valence-corrected chi connectivity index (χ3v) is 4.30. The van der Waals surface area contributed by atoms with Gasteiger partial charge in [-0.25, -0.2) is 4.79 Å². The minimum absolute atomic E-state index is 0.0575. The maximum absolute atomic E-state index is 12.6. The highest BCUT2D eigenvalue weighted by Crippen LogP contribution is 2.15. The van der Waals surface area contributed by atoms with Gasteiger partial charge in [0, 0.05) is 39.8 Å². The summed E-state index contributed by atoms with van der Waals surface area (Å²) in [5, 5.41) is 2.58. The van der Waals surface area contributed by atoms with Crippen molar-refractivity contribution >= 4 is 17.8 Å². The number of fused-ring (bicyclic) bond motifs is 1. The van der Waals surface area contributed by atoms with Gasteiger partial charge in [-0.1, -0.05) is 30.3 Å². The first-order valence-corrected chi connectivity index (χ1v) is 7.69. The molecule has 1 aromatic rings. The van der Waals surface area contributed by atoms with Gasteiger partial charge in [0.25, 0.3) is 0 Å². The molecular formula is C16H20N4O3. The van der Waals surface area contributed by atoms with Crippen LogP contribution in [-0.2, 0) is 16.1 Å². The van der Waals surface area contributed by atoms with Crippen molar-refractivity contribution in [2.24, 2.45) is 0 Å². The molecule has 2 fully saturated rings. The van der Waals surface area contributed by atoms with Crippen LogP contribution < -0.4 is 5.32 Å². The first-order valence-electron chi connectivity index (χ1n) is 7.69. The first-order chi connectivity index (χ1) is 11.1. The summed E-state index contributed by atoms with van der Waals surface area (Å²) in [6, 6.07) is 9.61. The predicted molar refractivity (Wildman–Crippen MR) is 83.4 cm³/mol. The molecule has 23 heavy (non-hydrogen) atoms. The molecule has 7 heteroatoms. The largest absolute Gasteiger partial charge is 0.346 e. The highest BCUT2D eigenvalue weighted by Gasteiger charge is 2.39. The van der Waals surface area contributed by atoms with Crippen LogP contribution in [0.5, 0.6) is 0 Å². The van der Waals surface area contributed by atoms with Crippen molar-refractivity contribution in [2.45, 2.75) is 12.6 Å². The SMILES string of the molecule is CN(Cc1ccccc1)C(=O)N1CCN2C(=O)C(=O)NC[C@H]2C1. The highest BCUT2D eigenvalue weighted by molar-refractivity contribution is 6.35. The van der Waals surface area contributed by atoms with Crippen molar-refractivity contribution in [2.75, 3.05) is 33.2 Å². The van der Waals surface area contributed by atoms with Crippen molar-refractivity contribution in [1.82, 2.24) is 20.0 Å². The van der Waals surface area contributed by atoms with Crippen LogP contribution in [0.25, 0.3) is 0 Å². The summed E-state index contributed by atoms with van der Waals surface area (Å²) in [5.74, 6) is -1.05. The van der Waals surface area contributed by atoms with E-state index in [0.717, 1.165) is 5.56 Å². The van der Waals surface area contributed by atoms with Crippen LogP contribution in [0.2, 0.25) is 0 Å². The molecule has 0 radical (unpaired) electrons. The highest BCUT2D eigenvalue weighted by atomic mass is 16.2. The number of hydrogen-bond donors (Lipinski definition) is 1. The number of benzene rings is 1. The molecule has 2 heterocycles. The lowest BCUT2D eigenvalue weighted by atomic mass is 10.1. The van der Waals surface area contributed by atoms with Gasteiger partial charge in [-0.15, -0.1) is 0 Å². The molecule has 0 aromatic heterocycles. The van der Waals surface area contributed by atoms with E-state index in [1.807, 2.05) is 30.3 Å². The van der Waals surface area contributed by atoms with Gasteiger partial charge in [0.05, 0.1) is 6.04 Å². The molecule has 0 saturated carbocycles. The Hall–Kier alpha value is -2.57. The minimum Gasteiger partial charge on any atom is -0.346 e. The second-order valence-electron chi connectivity index (χ2n) is 5.93. The maximum Gasteiger partial charge on any atom is 0.320 e. The molecule has 2 aliphatic heterocycles. The zero-order chi connectivity index (χ0) is 16.4. The maximum atomic E-state index is 12.6. The average Bonchev–Trinajstić information content (AvgIpc) is 2.58. The van der Waals surface area contributed by atoms with E-state index in [9.17, 15) is 14.4 Å². The number of hydrogen-bond acceptors (Lipinski definition) is 3. The summed E-state index contributed by atoms with van der Waals surface area (Å²) < 4.78 is 0. The van der Waals surface area contributed by atoms with E-state index < -0.39 is 11.8 Å². The Morgan fingerprint density at radius 2 is 2.00 bits per heavy atom. The second kappa shape index (κ2) is 6.28. The van der Waals surface area contributed by atoms with Gasteiger partial charge in [0.1, 0.15) is 0 Å². The second-order valence-corrected chi connectivity index (χ2v) is 5.93. The van der Waals surface area contributed by atoms with E-state index >= 15 is 0 Å². The summed E-state index contributed by atoms with van der Waals surface area (Å²) in [4.78, 5) is 40.8. The zero-order valence-corrected chi connectivity index (χ0v) is 13.1. The van der Waals surface area contributed by atoms with E-state index in [1.165, 1.54) is 0 Å². The Balaban J connectivity index is 1.61. The lowest BCUT2D eigenvalue weighted by Gasteiger charge is -2.44. The Morgan fingerprint density at radius 3 is 2.74 bits per heavy atom. The Labute approximate surface area is 134 Å².